The quantitative estimate of drug-likeness (QED) is 0.532. The van der Waals surface area contributed by atoms with Crippen LogP contribution in [0.4, 0.5) is 0 Å². The fraction of sp³-hybridized carbons (Fsp3) is 0.133. The molecule has 0 radical (unpaired) electrons. The summed E-state index contributed by atoms with van der Waals surface area (Å²) < 4.78 is 0. The summed E-state index contributed by atoms with van der Waals surface area (Å²) in [4.78, 5) is 10.3. The number of nitriles is 1. The first-order chi connectivity index (χ1) is 9.78. The summed E-state index contributed by atoms with van der Waals surface area (Å²) in [6, 6.07) is 14.2. The predicted octanol–water partition coefficient (Wildman–Crippen LogP) is 4.36. The summed E-state index contributed by atoms with van der Waals surface area (Å²) >= 11 is 3.10. The summed E-state index contributed by atoms with van der Waals surface area (Å²) in [5.74, 6) is 0.728. The fourth-order valence-corrected chi connectivity index (χ4v) is 3.33. The van der Waals surface area contributed by atoms with Crippen LogP contribution >= 0.6 is 23.1 Å². The summed E-state index contributed by atoms with van der Waals surface area (Å²) in [5.41, 5.74) is 0.915. The lowest BCUT2D eigenvalue weighted by molar-refractivity contribution is 1.11. The Labute approximate surface area is 125 Å². The lowest BCUT2D eigenvalue weighted by Gasteiger charge is -2.08. The first kappa shape index (κ1) is 13.1. The van der Waals surface area contributed by atoms with Crippen molar-refractivity contribution in [3.05, 3.63) is 41.8 Å². The van der Waals surface area contributed by atoms with Crippen molar-refractivity contribution in [2.45, 2.75) is 17.2 Å². The number of thioether (sulfide) groups is 1. The van der Waals surface area contributed by atoms with Crippen molar-refractivity contribution < 1.29 is 0 Å². The second kappa shape index (κ2) is 5.61. The Hall–Kier alpha value is -1.90. The maximum absolute atomic E-state index is 9.01. The average Bonchev–Trinajstić information content (AvgIpc) is 3.01. The van der Waals surface area contributed by atoms with E-state index in [1.54, 1.807) is 11.3 Å². The largest absolute Gasteiger partial charge is 0.227 e. The molecule has 1 aromatic carbocycles. The van der Waals surface area contributed by atoms with Crippen LogP contribution in [0, 0.1) is 11.3 Å². The minimum absolute atomic E-state index is 0.135. The van der Waals surface area contributed by atoms with E-state index < -0.39 is 0 Å². The lowest BCUT2D eigenvalue weighted by Crippen LogP contribution is -1.96. The molecular formula is C15H11N3S2. The molecule has 0 aliphatic heterocycles. The predicted molar refractivity (Wildman–Crippen MR) is 83.8 cm³/mol. The number of fused-ring (bicyclic) bond motifs is 1. The molecule has 3 rings (SSSR count). The Bertz CT molecular complexity index is 775. The van der Waals surface area contributed by atoms with Gasteiger partial charge in [0.15, 0.2) is 5.82 Å². The van der Waals surface area contributed by atoms with Gasteiger partial charge < -0.3 is 0 Å². The van der Waals surface area contributed by atoms with Gasteiger partial charge in [0.25, 0.3) is 0 Å². The maximum atomic E-state index is 9.01. The third kappa shape index (κ3) is 2.53. The van der Waals surface area contributed by atoms with Crippen LogP contribution in [0.5, 0.6) is 0 Å². The van der Waals surface area contributed by atoms with E-state index >= 15 is 0 Å². The van der Waals surface area contributed by atoms with Gasteiger partial charge in [0.05, 0.1) is 21.7 Å². The van der Waals surface area contributed by atoms with Gasteiger partial charge in [-0.1, -0.05) is 36.0 Å². The molecule has 1 atom stereocenters. The van der Waals surface area contributed by atoms with Crippen LogP contribution in [0.15, 0.2) is 46.8 Å². The van der Waals surface area contributed by atoms with Gasteiger partial charge in [-0.25, -0.2) is 9.97 Å². The highest BCUT2D eigenvalue weighted by Crippen LogP contribution is 2.31. The van der Waals surface area contributed by atoms with E-state index in [0.29, 0.717) is 0 Å². The highest BCUT2D eigenvalue weighted by molar-refractivity contribution is 8.00. The molecule has 2 heterocycles. The molecule has 0 spiro atoms. The summed E-state index contributed by atoms with van der Waals surface area (Å²) in [5, 5.41) is 12.8. The number of nitrogens with zero attached hydrogens (tertiary/aromatic N) is 3. The number of aromatic nitrogens is 2. The molecule has 0 saturated carbocycles. The highest BCUT2D eigenvalue weighted by Gasteiger charge is 2.12. The molecular weight excluding hydrogens is 286 g/mol. The molecule has 2 aromatic heterocycles. The zero-order valence-corrected chi connectivity index (χ0v) is 12.4. The zero-order valence-electron chi connectivity index (χ0n) is 10.8. The molecule has 20 heavy (non-hydrogen) atoms. The smallest absolute Gasteiger partial charge is 0.171 e. The lowest BCUT2D eigenvalue weighted by atomic mass is 10.2. The zero-order chi connectivity index (χ0) is 13.9. The minimum atomic E-state index is -0.135. The van der Waals surface area contributed by atoms with E-state index in [0.717, 1.165) is 26.6 Å². The number of para-hydroxylation sites is 1. The second-order valence-electron chi connectivity index (χ2n) is 4.24. The Morgan fingerprint density at radius 2 is 2.05 bits per heavy atom. The van der Waals surface area contributed by atoms with Gasteiger partial charge in [0.1, 0.15) is 5.03 Å². The molecule has 3 aromatic rings. The van der Waals surface area contributed by atoms with Crippen LogP contribution in [0.1, 0.15) is 6.92 Å². The molecule has 0 unspecified atom stereocenters. The van der Waals surface area contributed by atoms with Crippen molar-refractivity contribution >= 4 is 34.0 Å². The molecule has 0 aliphatic carbocycles. The van der Waals surface area contributed by atoms with Gasteiger partial charge >= 0.3 is 0 Å². The molecule has 98 valence electrons. The van der Waals surface area contributed by atoms with Gasteiger partial charge in [0, 0.05) is 5.39 Å². The number of hydrogen-bond acceptors (Lipinski definition) is 5. The number of thiophene rings is 1. The number of benzene rings is 1. The van der Waals surface area contributed by atoms with Crippen molar-refractivity contribution in [1.29, 1.82) is 5.26 Å². The van der Waals surface area contributed by atoms with Crippen molar-refractivity contribution in [2.75, 3.05) is 0 Å². The van der Waals surface area contributed by atoms with Gasteiger partial charge in [-0.2, -0.15) is 5.26 Å². The molecule has 0 saturated heterocycles. The molecule has 0 bridgehead atoms. The van der Waals surface area contributed by atoms with E-state index in [1.165, 1.54) is 11.8 Å². The standard InChI is InChI=1S/C15H11N3S2/c1-10(9-16)20-15-11-5-2-3-6-12(11)17-14(18-15)13-7-4-8-19-13/h2-8,10H,1H3/t10-/m1/s1. The monoisotopic (exact) mass is 297 g/mol. The van der Waals surface area contributed by atoms with Crippen LogP contribution in [0.2, 0.25) is 0 Å². The van der Waals surface area contributed by atoms with Crippen LogP contribution < -0.4 is 0 Å². The Balaban J connectivity index is 2.18. The molecule has 0 N–H and O–H groups in total. The third-order valence-corrected chi connectivity index (χ3v) is 4.64. The van der Waals surface area contributed by atoms with E-state index in [2.05, 4.69) is 16.0 Å². The van der Waals surface area contributed by atoms with Crippen molar-refractivity contribution in [1.82, 2.24) is 9.97 Å². The van der Waals surface area contributed by atoms with Crippen molar-refractivity contribution in [2.24, 2.45) is 0 Å². The van der Waals surface area contributed by atoms with Crippen LogP contribution in [0.25, 0.3) is 21.6 Å². The second-order valence-corrected chi connectivity index (χ2v) is 6.51. The first-order valence-electron chi connectivity index (χ1n) is 6.15. The average molecular weight is 297 g/mol. The first-order valence-corrected chi connectivity index (χ1v) is 7.91. The molecule has 5 heteroatoms. The SMILES string of the molecule is C[C@H](C#N)Sc1nc(-c2cccs2)nc2ccccc12. The number of rotatable bonds is 3. The number of hydrogen-bond donors (Lipinski definition) is 0. The van der Waals surface area contributed by atoms with Gasteiger partial charge in [-0.05, 0) is 24.4 Å². The maximum Gasteiger partial charge on any atom is 0.171 e. The van der Waals surface area contributed by atoms with Crippen molar-refractivity contribution in [3.8, 4) is 16.8 Å². The summed E-state index contributed by atoms with van der Waals surface area (Å²) in [6.07, 6.45) is 0. The van der Waals surface area contributed by atoms with E-state index in [9.17, 15) is 0 Å². The molecule has 3 nitrogen and oxygen atoms in total. The topological polar surface area (TPSA) is 49.6 Å². The van der Waals surface area contributed by atoms with Crippen LogP contribution in [0.3, 0.4) is 0 Å². The Kier molecular flexibility index (Phi) is 3.68. The summed E-state index contributed by atoms with van der Waals surface area (Å²) in [7, 11) is 0. The Morgan fingerprint density at radius 1 is 1.20 bits per heavy atom. The van der Waals surface area contributed by atoms with Gasteiger partial charge in [0.2, 0.25) is 0 Å². The van der Waals surface area contributed by atoms with Gasteiger partial charge in [-0.15, -0.1) is 11.3 Å². The third-order valence-electron chi connectivity index (χ3n) is 2.78. The van der Waals surface area contributed by atoms with Crippen molar-refractivity contribution in [3.63, 3.8) is 0 Å². The minimum Gasteiger partial charge on any atom is -0.227 e. The summed E-state index contributed by atoms with van der Waals surface area (Å²) in [6.45, 7) is 1.88. The fourth-order valence-electron chi connectivity index (χ4n) is 1.85. The van der Waals surface area contributed by atoms with Crippen LogP contribution in [-0.2, 0) is 0 Å². The normalized spacial score (nSPS) is 12.2. The van der Waals surface area contributed by atoms with E-state index in [-0.39, 0.29) is 5.25 Å². The Morgan fingerprint density at radius 3 is 2.80 bits per heavy atom. The molecule has 0 fully saturated rings. The van der Waals surface area contributed by atoms with Gasteiger partial charge in [-0.3, -0.25) is 0 Å². The van der Waals surface area contributed by atoms with Crippen LogP contribution in [-0.4, -0.2) is 15.2 Å². The van der Waals surface area contributed by atoms with E-state index in [1.807, 2.05) is 48.7 Å². The molecule has 0 amide bonds. The molecule has 0 aliphatic rings. The van der Waals surface area contributed by atoms with E-state index in [4.69, 9.17) is 5.26 Å². The highest BCUT2D eigenvalue weighted by atomic mass is 32.2.